The summed E-state index contributed by atoms with van der Waals surface area (Å²) in [6.45, 7) is 0. The Balaban J connectivity index is 0. The van der Waals surface area contributed by atoms with Crippen LogP contribution < -0.4 is 0 Å². The van der Waals surface area contributed by atoms with Crippen molar-refractivity contribution in [1.82, 2.24) is 0 Å². The van der Waals surface area contributed by atoms with Gasteiger partial charge in [-0.15, -0.1) is 0 Å². The van der Waals surface area contributed by atoms with E-state index in [-0.39, 0.29) is 64.0 Å². The molecule has 0 saturated carbocycles. The minimum Gasteiger partial charge on any atom is 0 e. The molecule has 0 aromatic rings. The SMILES string of the molecule is P.[B].[BiH3].[Zn]. The van der Waals surface area contributed by atoms with Gasteiger partial charge in [-0.3, -0.25) is 0 Å². The second kappa shape index (κ2) is 20.0. The second-order valence-corrected chi connectivity index (χ2v) is 0. The summed E-state index contributed by atoms with van der Waals surface area (Å²) in [5.41, 5.74) is 0. The summed E-state index contributed by atoms with van der Waals surface area (Å²) in [6.07, 6.45) is 0. The van der Waals surface area contributed by atoms with Crippen molar-refractivity contribution in [2.45, 2.75) is 0 Å². The van der Waals surface area contributed by atoms with Crippen LogP contribution in [0, 0.1) is 0 Å². The van der Waals surface area contributed by atoms with Crippen LogP contribution in [0.3, 0.4) is 0 Å². The summed E-state index contributed by atoms with van der Waals surface area (Å²) in [7, 11) is 0. The maximum atomic E-state index is 0. The zero-order chi connectivity index (χ0) is 0. The van der Waals surface area contributed by atoms with Gasteiger partial charge in [0.1, 0.15) is 0 Å². The van der Waals surface area contributed by atoms with Gasteiger partial charge >= 0.3 is 26.2 Å². The van der Waals surface area contributed by atoms with E-state index in [4.69, 9.17) is 0 Å². The standard InChI is InChI=1S/B.Bi.H3P.Zn.3H/h;;1H3;;;;. The van der Waals surface area contributed by atoms with Gasteiger partial charge in [0.15, 0.2) is 0 Å². The molecule has 0 aromatic carbocycles. The Hall–Kier alpha value is 2.00. The van der Waals surface area contributed by atoms with Crippen LogP contribution >= 0.6 is 9.90 Å². The second-order valence-electron chi connectivity index (χ2n) is 0. The van der Waals surface area contributed by atoms with E-state index >= 15 is 0 Å². The van der Waals surface area contributed by atoms with Crippen molar-refractivity contribution in [2.75, 3.05) is 0 Å². The smallest absolute Gasteiger partial charge is 0 e. The number of hydrogen-bond donors (Lipinski definition) is 0. The first-order valence-corrected chi connectivity index (χ1v) is 0. The van der Waals surface area contributed by atoms with Gasteiger partial charge in [0.05, 0.1) is 0 Å². The van der Waals surface area contributed by atoms with E-state index in [1.54, 1.807) is 0 Å². The molecule has 0 N–H and O–H groups in total. The fourth-order valence-electron chi connectivity index (χ4n) is 0. The molecule has 0 saturated heterocycles. The molecule has 3 radical (unpaired) electrons. The molecular weight excluding hydrogens is 316 g/mol. The van der Waals surface area contributed by atoms with Gasteiger partial charge < -0.3 is 0 Å². The monoisotopic (exact) mass is 321 g/mol. The first-order chi connectivity index (χ1) is 0. The number of rotatable bonds is 0. The zero-order valence-electron chi connectivity index (χ0n) is 2.70. The van der Waals surface area contributed by atoms with Gasteiger partial charge in [-0.2, -0.15) is 9.90 Å². The number of hydrogen-bond acceptors (Lipinski definition) is 0. The first-order valence-electron chi connectivity index (χ1n) is 0. The summed E-state index contributed by atoms with van der Waals surface area (Å²) >= 11 is 0. The van der Waals surface area contributed by atoms with Gasteiger partial charge in [-0.25, -0.2) is 0 Å². The third-order valence-corrected chi connectivity index (χ3v) is 0. The summed E-state index contributed by atoms with van der Waals surface area (Å²) in [6, 6.07) is 0. The molecule has 0 aliphatic rings. The minimum atomic E-state index is 0. The molecule has 0 nitrogen and oxygen atoms in total. The van der Waals surface area contributed by atoms with E-state index in [9.17, 15) is 0 Å². The fraction of sp³-hybridized carbons (Fsp3) is 0. The van der Waals surface area contributed by atoms with Crippen LogP contribution in [0.2, 0.25) is 0 Å². The fourth-order valence-corrected chi connectivity index (χ4v) is 0. The van der Waals surface area contributed by atoms with Gasteiger partial charge in [0.2, 0.25) is 0 Å². The van der Waals surface area contributed by atoms with Crippen LogP contribution in [0.15, 0.2) is 0 Å². The summed E-state index contributed by atoms with van der Waals surface area (Å²) in [4.78, 5) is 0. The predicted molar refractivity (Wildman–Crippen MR) is 26.8 cm³/mol. The third kappa shape index (κ3) is 9.00. The van der Waals surface area contributed by atoms with Crippen LogP contribution in [0.5, 0.6) is 0 Å². The average Bonchev–Trinajstić information content (AvgIpc) is 0. The van der Waals surface area contributed by atoms with Crippen molar-refractivity contribution in [1.29, 1.82) is 0 Å². The van der Waals surface area contributed by atoms with E-state index in [2.05, 4.69) is 0 Å². The summed E-state index contributed by atoms with van der Waals surface area (Å²) in [5, 5.41) is 0. The van der Waals surface area contributed by atoms with E-state index in [0.717, 1.165) is 0 Å². The minimum absolute atomic E-state index is 0. The molecular formula is H6BBiPZn. The maximum Gasteiger partial charge on any atom is 0 e. The molecule has 0 aliphatic heterocycles. The first kappa shape index (κ1) is 37.5. The molecule has 0 rings (SSSR count). The topological polar surface area (TPSA) is 0 Å². The zero-order valence-corrected chi connectivity index (χ0v) is 12.6. The van der Waals surface area contributed by atoms with Crippen molar-refractivity contribution >= 4 is 44.5 Å². The van der Waals surface area contributed by atoms with E-state index in [0.29, 0.717) is 0 Å². The van der Waals surface area contributed by atoms with Crippen molar-refractivity contribution in [3.8, 4) is 0 Å². The molecule has 4 heteroatoms. The van der Waals surface area contributed by atoms with Gasteiger partial charge in [0.25, 0.3) is 0 Å². The largest absolute Gasteiger partial charge is 0 e. The van der Waals surface area contributed by atoms with Crippen molar-refractivity contribution in [3.63, 3.8) is 0 Å². The molecule has 0 bridgehead atoms. The summed E-state index contributed by atoms with van der Waals surface area (Å²) in [5.74, 6) is 0. The molecule has 1 atom stereocenters. The molecule has 21 valence electrons. The summed E-state index contributed by atoms with van der Waals surface area (Å²) < 4.78 is 0. The Bertz CT molecular complexity index is 8.00. The molecule has 4 heavy (non-hydrogen) atoms. The Kier molecular flexibility index (Phi) is 187. The molecule has 0 aromatic heterocycles. The Labute approximate surface area is 63.6 Å². The van der Waals surface area contributed by atoms with E-state index in [1.165, 1.54) is 0 Å². The Morgan fingerprint density at radius 2 is 1.00 bits per heavy atom. The molecule has 0 amide bonds. The van der Waals surface area contributed by atoms with E-state index < -0.39 is 0 Å². The Morgan fingerprint density at radius 3 is 1.00 bits per heavy atom. The van der Waals surface area contributed by atoms with Gasteiger partial charge in [0, 0.05) is 27.9 Å². The van der Waals surface area contributed by atoms with Gasteiger partial charge in [-0.05, 0) is 0 Å². The molecule has 0 fully saturated rings. The predicted octanol–water partition coefficient (Wildman–Crippen LogP) is -1.51. The van der Waals surface area contributed by atoms with Crippen LogP contribution in [-0.2, 0) is 19.5 Å². The maximum absolute atomic E-state index is 0. The average molecular weight is 322 g/mol. The van der Waals surface area contributed by atoms with Crippen molar-refractivity contribution < 1.29 is 19.5 Å². The van der Waals surface area contributed by atoms with Crippen molar-refractivity contribution in [3.05, 3.63) is 0 Å². The molecule has 0 aliphatic carbocycles. The third-order valence-electron chi connectivity index (χ3n) is 0. The normalized spacial score (nSPS) is 0. The van der Waals surface area contributed by atoms with Crippen LogP contribution in [0.1, 0.15) is 0 Å². The Morgan fingerprint density at radius 1 is 1.00 bits per heavy atom. The van der Waals surface area contributed by atoms with Gasteiger partial charge in [-0.1, -0.05) is 0 Å². The van der Waals surface area contributed by atoms with Crippen LogP contribution in [0.25, 0.3) is 0 Å². The molecule has 0 spiro atoms. The molecule has 0 heterocycles. The van der Waals surface area contributed by atoms with E-state index in [1.807, 2.05) is 0 Å². The van der Waals surface area contributed by atoms with Crippen LogP contribution in [-0.4, -0.2) is 34.6 Å². The van der Waals surface area contributed by atoms with Crippen molar-refractivity contribution in [2.24, 2.45) is 0 Å². The quantitative estimate of drug-likeness (QED) is 0.376. The molecule has 1 unspecified atom stereocenters. The van der Waals surface area contributed by atoms with Crippen LogP contribution in [0.4, 0.5) is 0 Å².